The summed E-state index contributed by atoms with van der Waals surface area (Å²) in [5.74, 6) is -1.30. The Hall–Kier alpha value is -3.98. The Balaban J connectivity index is 0.000000709. The van der Waals surface area contributed by atoms with Crippen LogP contribution in [-0.4, -0.2) is 60.5 Å². The molecule has 0 radical (unpaired) electrons. The lowest BCUT2D eigenvalue weighted by Gasteiger charge is -2.27. The minimum absolute atomic E-state index is 0.0544. The second kappa shape index (κ2) is 11.1. The summed E-state index contributed by atoms with van der Waals surface area (Å²) in [5.41, 5.74) is 1.40. The van der Waals surface area contributed by atoms with Crippen LogP contribution in [0.2, 0.25) is 0 Å². The number of carboxylic acids is 1. The number of piperazine rings is 1. The average Bonchev–Trinajstić information content (AvgIpc) is 2.82. The zero-order valence-electron chi connectivity index (χ0n) is 18.2. The summed E-state index contributed by atoms with van der Waals surface area (Å²) in [7, 11) is 0. The molecule has 172 valence electrons. The van der Waals surface area contributed by atoms with Crippen molar-refractivity contribution in [2.24, 2.45) is 0 Å². The molecule has 0 spiro atoms. The molecular weight excluding hydrogens is 426 g/mol. The summed E-state index contributed by atoms with van der Waals surface area (Å²) in [6.07, 6.45) is 0. The fraction of sp³-hybridized carbons (Fsp3) is 0.250. The van der Waals surface area contributed by atoms with Gasteiger partial charge in [-0.3, -0.25) is 14.4 Å². The van der Waals surface area contributed by atoms with Crippen LogP contribution < -0.4 is 16.3 Å². The van der Waals surface area contributed by atoms with Crippen LogP contribution in [-0.2, 0) is 9.59 Å². The van der Waals surface area contributed by atoms with Crippen molar-refractivity contribution < 1.29 is 23.9 Å². The smallest absolute Gasteiger partial charge is 0.344 e. The number of hydrogen-bond acceptors (Lipinski definition) is 6. The molecule has 1 fully saturated rings. The Morgan fingerprint density at radius 1 is 1.06 bits per heavy atom. The molecule has 3 N–H and O–H groups in total. The molecule has 2 amide bonds. The van der Waals surface area contributed by atoms with Gasteiger partial charge >= 0.3 is 5.63 Å². The molecule has 33 heavy (non-hydrogen) atoms. The van der Waals surface area contributed by atoms with Crippen LogP contribution in [0.1, 0.15) is 17.3 Å². The van der Waals surface area contributed by atoms with Gasteiger partial charge in [-0.05, 0) is 29.8 Å². The van der Waals surface area contributed by atoms with Crippen molar-refractivity contribution in [3.8, 4) is 11.1 Å². The monoisotopic (exact) mass is 451 g/mol. The number of benzene rings is 2. The molecule has 0 unspecified atom stereocenters. The second-order valence-corrected chi connectivity index (χ2v) is 7.40. The second-order valence-electron chi connectivity index (χ2n) is 7.40. The largest absolute Gasteiger partial charge is 0.481 e. The Kier molecular flexibility index (Phi) is 7.93. The molecule has 1 aromatic heterocycles. The normalized spacial score (nSPS) is 13.1. The maximum Gasteiger partial charge on any atom is 0.344 e. The number of nitrogens with one attached hydrogen (secondary N) is 2. The minimum Gasteiger partial charge on any atom is -0.481 e. The summed E-state index contributed by atoms with van der Waals surface area (Å²) in [6, 6.07) is 15.8. The van der Waals surface area contributed by atoms with Crippen molar-refractivity contribution in [2.45, 2.75) is 6.92 Å². The van der Waals surface area contributed by atoms with E-state index in [-0.39, 0.29) is 18.4 Å². The summed E-state index contributed by atoms with van der Waals surface area (Å²) in [6.45, 7) is 3.83. The molecule has 1 aliphatic rings. The lowest BCUT2D eigenvalue weighted by Crippen LogP contribution is -2.49. The van der Waals surface area contributed by atoms with Crippen LogP contribution in [0.3, 0.4) is 0 Å². The third-order valence-corrected chi connectivity index (χ3v) is 4.95. The van der Waals surface area contributed by atoms with Crippen LogP contribution in [0, 0.1) is 0 Å². The van der Waals surface area contributed by atoms with Crippen molar-refractivity contribution in [3.05, 3.63) is 70.6 Å². The van der Waals surface area contributed by atoms with Crippen LogP contribution in [0.4, 0.5) is 0 Å². The quantitative estimate of drug-likeness (QED) is 0.515. The SMILES string of the molecule is CC(=O)O.O=C(NCC(=O)N1CCNCC1)c1cccc(-c2cc3ccccc3oc2=O)c1. The number of aliphatic carboxylic acids is 1. The molecule has 9 heteroatoms. The molecule has 4 rings (SSSR count). The maximum absolute atomic E-state index is 12.5. The first kappa shape index (κ1) is 23.7. The number of nitrogens with zero attached hydrogens (tertiary/aromatic N) is 1. The molecule has 0 saturated carbocycles. The first-order valence-electron chi connectivity index (χ1n) is 10.4. The lowest BCUT2D eigenvalue weighted by atomic mass is 10.0. The van der Waals surface area contributed by atoms with Gasteiger partial charge in [-0.1, -0.05) is 30.3 Å². The summed E-state index contributed by atoms with van der Waals surface area (Å²) >= 11 is 0. The van der Waals surface area contributed by atoms with E-state index in [2.05, 4.69) is 10.6 Å². The third kappa shape index (κ3) is 6.50. The number of carbonyl (C=O) groups excluding carboxylic acids is 2. The van der Waals surface area contributed by atoms with Gasteiger partial charge in [0.2, 0.25) is 5.91 Å². The Morgan fingerprint density at radius 2 is 1.76 bits per heavy atom. The van der Waals surface area contributed by atoms with Crippen molar-refractivity contribution in [2.75, 3.05) is 32.7 Å². The van der Waals surface area contributed by atoms with E-state index < -0.39 is 11.6 Å². The van der Waals surface area contributed by atoms with E-state index in [1.54, 1.807) is 47.4 Å². The van der Waals surface area contributed by atoms with Gasteiger partial charge in [-0.2, -0.15) is 0 Å². The van der Waals surface area contributed by atoms with Gasteiger partial charge < -0.3 is 25.1 Å². The van der Waals surface area contributed by atoms with E-state index in [0.29, 0.717) is 35.4 Å². The van der Waals surface area contributed by atoms with Gasteiger partial charge in [0.15, 0.2) is 0 Å². The summed E-state index contributed by atoms with van der Waals surface area (Å²) < 4.78 is 5.38. The number of amides is 2. The van der Waals surface area contributed by atoms with Crippen molar-refractivity contribution in [1.82, 2.24) is 15.5 Å². The molecule has 0 aliphatic carbocycles. The van der Waals surface area contributed by atoms with E-state index in [4.69, 9.17) is 14.3 Å². The van der Waals surface area contributed by atoms with Crippen LogP contribution in [0.15, 0.2) is 63.8 Å². The Labute approximate surface area is 190 Å². The maximum atomic E-state index is 12.5. The number of carboxylic acid groups (broad SMARTS) is 1. The molecule has 2 heterocycles. The van der Waals surface area contributed by atoms with Crippen molar-refractivity contribution in [3.63, 3.8) is 0 Å². The van der Waals surface area contributed by atoms with Crippen LogP contribution in [0.5, 0.6) is 0 Å². The number of para-hydroxylation sites is 1. The lowest BCUT2D eigenvalue weighted by molar-refractivity contribution is -0.134. The topological polar surface area (TPSA) is 129 Å². The molecular formula is C24H25N3O6. The van der Waals surface area contributed by atoms with Crippen LogP contribution >= 0.6 is 0 Å². The van der Waals surface area contributed by atoms with Gasteiger partial charge in [-0.25, -0.2) is 4.79 Å². The molecule has 2 aromatic carbocycles. The zero-order valence-corrected chi connectivity index (χ0v) is 18.2. The van der Waals surface area contributed by atoms with E-state index in [1.165, 1.54) is 0 Å². The van der Waals surface area contributed by atoms with Gasteiger partial charge in [-0.15, -0.1) is 0 Å². The van der Waals surface area contributed by atoms with Gasteiger partial charge in [0, 0.05) is 44.1 Å². The number of fused-ring (bicyclic) bond motifs is 1. The van der Waals surface area contributed by atoms with Crippen molar-refractivity contribution >= 4 is 28.8 Å². The highest BCUT2D eigenvalue weighted by Crippen LogP contribution is 2.21. The molecule has 1 saturated heterocycles. The highest BCUT2D eigenvalue weighted by atomic mass is 16.4. The number of hydrogen-bond donors (Lipinski definition) is 3. The van der Waals surface area contributed by atoms with E-state index in [1.807, 2.05) is 12.1 Å². The zero-order chi connectivity index (χ0) is 23.8. The highest BCUT2D eigenvalue weighted by Gasteiger charge is 2.17. The molecule has 0 atom stereocenters. The van der Waals surface area contributed by atoms with Crippen LogP contribution in [0.25, 0.3) is 22.1 Å². The minimum atomic E-state index is -0.833. The summed E-state index contributed by atoms with van der Waals surface area (Å²) in [4.78, 5) is 47.9. The third-order valence-electron chi connectivity index (χ3n) is 4.95. The number of carbonyl (C=O) groups is 3. The predicted molar refractivity (Wildman–Crippen MR) is 123 cm³/mol. The standard InChI is InChI=1S/C22H21N3O4.C2H4O2/c26-20(25-10-8-23-9-11-25)14-24-21(27)17-6-3-5-15(12-17)18-13-16-4-1-2-7-19(16)29-22(18)28;1-2(3)4/h1-7,12-13,23H,8-11,14H2,(H,24,27);1H3,(H,3,4). The predicted octanol–water partition coefficient (Wildman–Crippen LogP) is 1.71. The Bertz CT molecular complexity index is 1210. The van der Waals surface area contributed by atoms with E-state index >= 15 is 0 Å². The fourth-order valence-corrected chi connectivity index (χ4v) is 3.38. The van der Waals surface area contributed by atoms with E-state index in [0.717, 1.165) is 25.4 Å². The number of rotatable bonds is 4. The molecule has 0 bridgehead atoms. The van der Waals surface area contributed by atoms with Gasteiger partial charge in [0.25, 0.3) is 11.9 Å². The fourth-order valence-electron chi connectivity index (χ4n) is 3.38. The molecule has 3 aromatic rings. The van der Waals surface area contributed by atoms with Gasteiger partial charge in [0.1, 0.15) is 5.58 Å². The molecule has 1 aliphatic heterocycles. The van der Waals surface area contributed by atoms with Gasteiger partial charge in [0.05, 0.1) is 12.1 Å². The molecule has 9 nitrogen and oxygen atoms in total. The average molecular weight is 451 g/mol. The first-order chi connectivity index (χ1) is 15.8. The summed E-state index contributed by atoms with van der Waals surface area (Å²) in [5, 5.41) is 14.1. The van der Waals surface area contributed by atoms with E-state index in [9.17, 15) is 14.4 Å². The Morgan fingerprint density at radius 3 is 2.48 bits per heavy atom. The first-order valence-corrected chi connectivity index (χ1v) is 10.4. The van der Waals surface area contributed by atoms with Crippen molar-refractivity contribution in [1.29, 1.82) is 0 Å². The highest BCUT2D eigenvalue weighted by molar-refractivity contribution is 5.97.